The number of carbonyl (C=O) groups is 2. The van der Waals surface area contributed by atoms with Crippen molar-refractivity contribution < 1.29 is 18.7 Å². The van der Waals surface area contributed by atoms with Crippen molar-refractivity contribution >= 4 is 39.1 Å². The molecule has 0 aliphatic rings. The molecule has 0 bridgehead atoms. The Labute approximate surface area is 157 Å². The van der Waals surface area contributed by atoms with Crippen molar-refractivity contribution in [3.63, 3.8) is 0 Å². The second kappa shape index (κ2) is 7.28. The molecule has 3 aromatic rings. The number of anilines is 1. The summed E-state index contributed by atoms with van der Waals surface area (Å²) in [7, 11) is 1.26. The highest BCUT2D eigenvalue weighted by Gasteiger charge is 2.21. The quantitative estimate of drug-likeness (QED) is 0.693. The molecular weight excluding hydrogens is 373 g/mol. The van der Waals surface area contributed by atoms with E-state index in [2.05, 4.69) is 10.3 Å². The molecule has 0 radical (unpaired) electrons. The van der Waals surface area contributed by atoms with Gasteiger partial charge in [0.05, 0.1) is 29.9 Å². The summed E-state index contributed by atoms with van der Waals surface area (Å²) in [5.41, 5.74) is 0.832. The molecule has 0 saturated heterocycles. The fraction of sp³-hybridized carbons (Fsp3) is 0.222. The molecule has 7 nitrogen and oxygen atoms in total. The Hall–Kier alpha value is -3.07. The third-order valence-electron chi connectivity index (χ3n) is 4.13. The second-order valence-corrected chi connectivity index (χ2v) is 7.09. The van der Waals surface area contributed by atoms with E-state index in [1.54, 1.807) is 6.92 Å². The number of esters is 1. The predicted octanol–water partition coefficient (Wildman–Crippen LogP) is 2.64. The number of halogens is 1. The minimum atomic E-state index is -0.559. The number of aryl methyl sites for hydroxylation is 1. The lowest BCUT2D eigenvalue weighted by atomic mass is 10.1. The van der Waals surface area contributed by atoms with Gasteiger partial charge in [0.25, 0.3) is 5.56 Å². The van der Waals surface area contributed by atoms with Gasteiger partial charge >= 0.3 is 5.97 Å². The summed E-state index contributed by atoms with van der Waals surface area (Å²) in [4.78, 5) is 41.8. The van der Waals surface area contributed by atoms with E-state index in [4.69, 9.17) is 4.74 Å². The number of methoxy groups -OCH3 is 1. The van der Waals surface area contributed by atoms with Crippen molar-refractivity contribution in [3.8, 4) is 0 Å². The van der Waals surface area contributed by atoms with E-state index in [0.717, 1.165) is 21.1 Å². The largest absolute Gasteiger partial charge is 0.465 e. The molecule has 0 atom stereocenters. The molecule has 140 valence electrons. The Bertz CT molecular complexity index is 1120. The fourth-order valence-corrected chi connectivity index (χ4v) is 3.69. The molecule has 0 aliphatic heterocycles. The van der Waals surface area contributed by atoms with Gasteiger partial charge in [-0.25, -0.2) is 14.2 Å². The van der Waals surface area contributed by atoms with Gasteiger partial charge in [-0.2, -0.15) is 0 Å². The van der Waals surface area contributed by atoms with E-state index in [-0.39, 0.29) is 11.9 Å². The molecule has 0 spiro atoms. The van der Waals surface area contributed by atoms with Gasteiger partial charge < -0.3 is 10.1 Å². The summed E-state index contributed by atoms with van der Waals surface area (Å²) in [6.07, 6.45) is 1.23. The predicted molar refractivity (Wildman–Crippen MR) is 99.7 cm³/mol. The number of nitrogens with one attached hydrogen (secondary N) is 1. The van der Waals surface area contributed by atoms with Gasteiger partial charge in [0.15, 0.2) is 0 Å². The third kappa shape index (κ3) is 3.59. The Morgan fingerprint density at radius 2 is 2.07 bits per heavy atom. The Balaban J connectivity index is 1.88. The summed E-state index contributed by atoms with van der Waals surface area (Å²) in [5, 5.41) is 3.08. The molecule has 0 aliphatic carbocycles. The van der Waals surface area contributed by atoms with Crippen LogP contribution in [0.15, 0.2) is 29.3 Å². The minimum absolute atomic E-state index is 0.0864. The zero-order chi connectivity index (χ0) is 19.7. The number of thiophene rings is 1. The van der Waals surface area contributed by atoms with Crippen LogP contribution in [0.5, 0.6) is 0 Å². The summed E-state index contributed by atoms with van der Waals surface area (Å²) in [6.45, 7) is 3.27. The van der Waals surface area contributed by atoms with Gasteiger partial charge in [-0.15, -0.1) is 11.3 Å². The van der Waals surface area contributed by atoms with Gasteiger partial charge in [0.1, 0.15) is 17.4 Å². The van der Waals surface area contributed by atoms with Crippen LogP contribution in [0, 0.1) is 19.7 Å². The van der Waals surface area contributed by atoms with Crippen LogP contribution < -0.4 is 10.9 Å². The van der Waals surface area contributed by atoms with Crippen LogP contribution in [0.1, 0.15) is 20.8 Å². The first-order valence-electron chi connectivity index (χ1n) is 7.94. The molecular formula is C18H16FN3O4S. The van der Waals surface area contributed by atoms with Crippen LogP contribution in [-0.4, -0.2) is 28.5 Å². The van der Waals surface area contributed by atoms with Gasteiger partial charge in [-0.3, -0.25) is 14.2 Å². The van der Waals surface area contributed by atoms with E-state index in [0.29, 0.717) is 16.1 Å². The van der Waals surface area contributed by atoms with Crippen molar-refractivity contribution in [2.45, 2.75) is 20.4 Å². The summed E-state index contributed by atoms with van der Waals surface area (Å²) < 4.78 is 19.2. The summed E-state index contributed by atoms with van der Waals surface area (Å²) >= 11 is 1.25. The molecule has 2 aromatic heterocycles. The number of carbonyl (C=O) groups excluding carboxylic acids is 2. The van der Waals surface area contributed by atoms with Crippen LogP contribution in [-0.2, 0) is 16.1 Å². The summed E-state index contributed by atoms with van der Waals surface area (Å²) in [5.74, 6) is -1.62. The molecule has 1 N–H and O–H groups in total. The molecule has 1 aromatic carbocycles. The van der Waals surface area contributed by atoms with E-state index < -0.39 is 23.3 Å². The number of aromatic nitrogens is 2. The number of rotatable bonds is 4. The van der Waals surface area contributed by atoms with Crippen molar-refractivity contribution in [1.82, 2.24) is 9.55 Å². The molecule has 9 heteroatoms. The first-order valence-corrected chi connectivity index (χ1v) is 8.76. The van der Waals surface area contributed by atoms with Crippen molar-refractivity contribution in [2.75, 3.05) is 12.4 Å². The fourth-order valence-electron chi connectivity index (χ4n) is 2.63. The highest BCUT2D eigenvalue weighted by atomic mass is 32.1. The molecule has 2 heterocycles. The van der Waals surface area contributed by atoms with Crippen molar-refractivity contribution in [2.24, 2.45) is 0 Å². The van der Waals surface area contributed by atoms with E-state index >= 15 is 0 Å². The standard InChI is InChI=1S/C18H16FN3O4S/c1-9-10(2)27-16(15(9)18(25)26-3)21-14(23)7-22-8-20-13-5-4-11(19)6-12(13)17(22)24/h4-6,8H,7H2,1-3H3,(H,21,23). The molecule has 0 fully saturated rings. The van der Waals surface area contributed by atoms with Crippen LogP contribution in [0.25, 0.3) is 10.9 Å². The average Bonchev–Trinajstić information content (AvgIpc) is 2.91. The maximum Gasteiger partial charge on any atom is 0.341 e. The molecule has 1 amide bonds. The number of hydrogen-bond acceptors (Lipinski definition) is 6. The van der Waals surface area contributed by atoms with Crippen molar-refractivity contribution in [3.05, 3.63) is 56.7 Å². The normalized spacial score (nSPS) is 10.8. The lowest BCUT2D eigenvalue weighted by Crippen LogP contribution is -2.28. The van der Waals surface area contributed by atoms with Gasteiger partial charge in [-0.05, 0) is 37.6 Å². The number of ether oxygens (including phenoxy) is 1. The van der Waals surface area contributed by atoms with Crippen LogP contribution in [0.3, 0.4) is 0 Å². The Kier molecular flexibility index (Phi) is 5.04. The molecule has 27 heavy (non-hydrogen) atoms. The lowest BCUT2D eigenvalue weighted by molar-refractivity contribution is -0.116. The monoisotopic (exact) mass is 389 g/mol. The first-order chi connectivity index (χ1) is 12.8. The number of amides is 1. The average molecular weight is 389 g/mol. The zero-order valence-corrected chi connectivity index (χ0v) is 15.6. The van der Waals surface area contributed by atoms with E-state index in [1.165, 1.54) is 36.9 Å². The van der Waals surface area contributed by atoms with Crippen LogP contribution in [0.4, 0.5) is 9.39 Å². The third-order valence-corrected chi connectivity index (χ3v) is 5.25. The smallest absolute Gasteiger partial charge is 0.341 e. The Morgan fingerprint density at radius 1 is 1.33 bits per heavy atom. The van der Waals surface area contributed by atoms with E-state index in [9.17, 15) is 18.8 Å². The number of nitrogens with zero attached hydrogens (tertiary/aromatic N) is 2. The lowest BCUT2D eigenvalue weighted by Gasteiger charge is -2.08. The van der Waals surface area contributed by atoms with E-state index in [1.807, 2.05) is 6.92 Å². The molecule has 0 unspecified atom stereocenters. The van der Waals surface area contributed by atoms with Gasteiger partial charge in [0.2, 0.25) is 5.91 Å². The minimum Gasteiger partial charge on any atom is -0.465 e. The summed E-state index contributed by atoms with van der Waals surface area (Å²) in [6, 6.07) is 3.69. The first kappa shape index (κ1) is 18.7. The van der Waals surface area contributed by atoms with Gasteiger partial charge in [0, 0.05) is 4.88 Å². The zero-order valence-electron chi connectivity index (χ0n) is 14.8. The van der Waals surface area contributed by atoms with Crippen LogP contribution in [0.2, 0.25) is 0 Å². The molecule has 3 rings (SSSR count). The number of hydrogen-bond donors (Lipinski definition) is 1. The van der Waals surface area contributed by atoms with Gasteiger partial charge in [-0.1, -0.05) is 0 Å². The highest BCUT2D eigenvalue weighted by molar-refractivity contribution is 7.16. The van der Waals surface area contributed by atoms with Crippen molar-refractivity contribution in [1.29, 1.82) is 0 Å². The maximum atomic E-state index is 13.4. The second-order valence-electron chi connectivity index (χ2n) is 5.87. The number of benzene rings is 1. The maximum absolute atomic E-state index is 13.4. The van der Waals surface area contributed by atoms with Crippen LogP contribution >= 0.6 is 11.3 Å². The molecule has 0 saturated carbocycles. The Morgan fingerprint density at radius 3 is 2.78 bits per heavy atom. The topological polar surface area (TPSA) is 90.3 Å². The highest BCUT2D eigenvalue weighted by Crippen LogP contribution is 2.32. The number of fused-ring (bicyclic) bond motifs is 1. The SMILES string of the molecule is COC(=O)c1c(NC(=O)Cn2cnc3ccc(F)cc3c2=O)sc(C)c1C.